The van der Waals surface area contributed by atoms with Crippen LogP contribution in [0.5, 0.6) is 0 Å². The van der Waals surface area contributed by atoms with Gasteiger partial charge in [0.1, 0.15) is 0 Å². The molecule has 0 rings (SSSR count). The minimum Gasteiger partial charge on any atom is -0.423 e. The molecule has 68 valence electrons. The molecule has 0 aromatic heterocycles. The van der Waals surface area contributed by atoms with Crippen molar-refractivity contribution >= 4 is 11.8 Å². The van der Waals surface area contributed by atoms with Gasteiger partial charge in [-0.3, -0.25) is 9.59 Å². The first-order chi connectivity index (χ1) is 5.25. The third kappa shape index (κ3) is 3.32. The van der Waals surface area contributed by atoms with Crippen molar-refractivity contribution in [1.82, 2.24) is 0 Å². The summed E-state index contributed by atoms with van der Waals surface area (Å²) in [5.41, 5.74) is -0.599. The second kappa shape index (κ2) is 3.52. The van der Waals surface area contributed by atoms with Gasteiger partial charge < -0.3 is 4.74 Å². The Labute approximate surface area is 72.4 Å². The van der Waals surface area contributed by atoms with Crippen molar-refractivity contribution in [3.8, 4) is 0 Å². The molecule has 0 unspecified atom stereocenters. The SMILES string of the molecule is C=C(OC(=O)C(C)(C)C)C(C)=O. The first-order valence-corrected chi connectivity index (χ1v) is 3.67. The largest absolute Gasteiger partial charge is 0.423 e. The van der Waals surface area contributed by atoms with Crippen LogP contribution in [0.2, 0.25) is 0 Å². The molecule has 0 heterocycles. The smallest absolute Gasteiger partial charge is 0.316 e. The first kappa shape index (κ1) is 10.9. The molecule has 0 aromatic carbocycles. The average molecular weight is 170 g/mol. The fraction of sp³-hybridized carbons (Fsp3) is 0.556. The number of ketones is 1. The number of carbonyl (C=O) groups excluding carboxylic acids is 2. The fourth-order valence-electron chi connectivity index (χ4n) is 0.337. The normalized spacial score (nSPS) is 10.7. The van der Waals surface area contributed by atoms with Gasteiger partial charge in [0.2, 0.25) is 0 Å². The summed E-state index contributed by atoms with van der Waals surface area (Å²) in [5.74, 6) is -0.870. The van der Waals surface area contributed by atoms with Gasteiger partial charge in [-0.2, -0.15) is 0 Å². The molecule has 0 aliphatic carbocycles. The average Bonchev–Trinajstić information content (AvgIpc) is 1.85. The van der Waals surface area contributed by atoms with E-state index in [0.717, 1.165) is 0 Å². The van der Waals surface area contributed by atoms with Gasteiger partial charge in [0, 0.05) is 6.92 Å². The van der Waals surface area contributed by atoms with Gasteiger partial charge in [-0.15, -0.1) is 0 Å². The number of hydrogen-bond acceptors (Lipinski definition) is 3. The van der Waals surface area contributed by atoms with Crippen LogP contribution in [-0.2, 0) is 14.3 Å². The van der Waals surface area contributed by atoms with Crippen LogP contribution >= 0.6 is 0 Å². The lowest BCUT2D eigenvalue weighted by atomic mass is 9.97. The van der Waals surface area contributed by atoms with E-state index in [9.17, 15) is 9.59 Å². The van der Waals surface area contributed by atoms with Crippen LogP contribution in [0.4, 0.5) is 0 Å². The van der Waals surface area contributed by atoms with Gasteiger partial charge in [-0.1, -0.05) is 6.58 Å². The Morgan fingerprint density at radius 3 is 1.92 bits per heavy atom. The highest BCUT2D eigenvalue weighted by Gasteiger charge is 2.24. The maximum Gasteiger partial charge on any atom is 0.316 e. The van der Waals surface area contributed by atoms with Crippen LogP contribution in [0.1, 0.15) is 27.7 Å². The Hall–Kier alpha value is -1.12. The summed E-state index contributed by atoms with van der Waals surface area (Å²) in [5, 5.41) is 0. The maximum atomic E-state index is 11.1. The Kier molecular flexibility index (Phi) is 3.19. The number of allylic oxidation sites excluding steroid dienone is 1. The quantitative estimate of drug-likeness (QED) is 0.360. The molecular weight excluding hydrogens is 156 g/mol. The lowest BCUT2D eigenvalue weighted by molar-refractivity contribution is -0.150. The second-order valence-corrected chi connectivity index (χ2v) is 3.62. The van der Waals surface area contributed by atoms with Crippen molar-refractivity contribution < 1.29 is 14.3 Å². The molecule has 0 N–H and O–H groups in total. The van der Waals surface area contributed by atoms with Gasteiger partial charge in [-0.25, -0.2) is 0 Å². The minimum absolute atomic E-state index is 0.102. The summed E-state index contributed by atoms with van der Waals surface area (Å²) >= 11 is 0. The van der Waals surface area contributed by atoms with E-state index < -0.39 is 11.4 Å². The van der Waals surface area contributed by atoms with Crippen LogP contribution in [0.15, 0.2) is 12.3 Å². The molecule has 0 spiro atoms. The third-order valence-corrected chi connectivity index (χ3v) is 1.22. The second-order valence-electron chi connectivity index (χ2n) is 3.62. The summed E-state index contributed by atoms with van der Waals surface area (Å²) in [7, 11) is 0. The van der Waals surface area contributed by atoms with Crippen molar-refractivity contribution in [2.75, 3.05) is 0 Å². The van der Waals surface area contributed by atoms with Crippen molar-refractivity contribution in [2.45, 2.75) is 27.7 Å². The molecule has 0 atom stereocenters. The van der Waals surface area contributed by atoms with Gasteiger partial charge in [0.25, 0.3) is 0 Å². The van der Waals surface area contributed by atoms with Gasteiger partial charge in [-0.05, 0) is 20.8 Å². The van der Waals surface area contributed by atoms with E-state index >= 15 is 0 Å². The molecule has 0 aromatic rings. The summed E-state index contributed by atoms with van der Waals surface area (Å²) in [6.45, 7) is 9.75. The van der Waals surface area contributed by atoms with Gasteiger partial charge >= 0.3 is 5.97 Å². The number of esters is 1. The van der Waals surface area contributed by atoms with E-state index in [2.05, 4.69) is 6.58 Å². The number of ether oxygens (including phenoxy) is 1. The number of hydrogen-bond donors (Lipinski definition) is 0. The Bertz CT molecular complexity index is 220. The van der Waals surface area contributed by atoms with E-state index in [1.165, 1.54) is 6.92 Å². The predicted molar refractivity (Wildman–Crippen MR) is 45.4 cm³/mol. The highest BCUT2D eigenvalue weighted by atomic mass is 16.5. The molecule has 0 saturated heterocycles. The van der Waals surface area contributed by atoms with Crippen molar-refractivity contribution in [1.29, 1.82) is 0 Å². The monoisotopic (exact) mass is 170 g/mol. The zero-order valence-corrected chi connectivity index (χ0v) is 7.93. The van der Waals surface area contributed by atoms with E-state index in [1.807, 2.05) is 0 Å². The summed E-state index contributed by atoms with van der Waals surface area (Å²) in [6, 6.07) is 0. The van der Waals surface area contributed by atoms with E-state index in [4.69, 9.17) is 4.74 Å². The van der Waals surface area contributed by atoms with Crippen molar-refractivity contribution in [3.05, 3.63) is 12.3 Å². The molecule has 0 aliphatic heterocycles. The Morgan fingerprint density at radius 2 is 1.67 bits per heavy atom. The lowest BCUT2D eigenvalue weighted by Gasteiger charge is -2.16. The van der Waals surface area contributed by atoms with Crippen LogP contribution in [-0.4, -0.2) is 11.8 Å². The van der Waals surface area contributed by atoms with E-state index in [1.54, 1.807) is 20.8 Å². The standard InChI is InChI=1S/C9H14O3/c1-6(10)7(2)12-8(11)9(3,4)5/h2H2,1,3-5H3. The molecule has 0 bridgehead atoms. The molecule has 0 saturated carbocycles. The fourth-order valence-corrected chi connectivity index (χ4v) is 0.337. The topological polar surface area (TPSA) is 43.4 Å². The van der Waals surface area contributed by atoms with Crippen molar-refractivity contribution in [3.63, 3.8) is 0 Å². The highest BCUT2D eigenvalue weighted by molar-refractivity contribution is 5.93. The third-order valence-electron chi connectivity index (χ3n) is 1.22. The molecular formula is C9H14O3. The maximum absolute atomic E-state index is 11.1. The predicted octanol–water partition coefficient (Wildman–Crippen LogP) is 1.68. The number of rotatable bonds is 2. The molecule has 0 fully saturated rings. The Morgan fingerprint density at radius 1 is 1.25 bits per heavy atom. The summed E-state index contributed by atoms with van der Waals surface area (Å²) < 4.78 is 4.69. The molecule has 0 amide bonds. The van der Waals surface area contributed by atoms with Crippen LogP contribution in [0, 0.1) is 5.41 Å². The highest BCUT2D eigenvalue weighted by Crippen LogP contribution is 2.16. The lowest BCUT2D eigenvalue weighted by Crippen LogP contribution is -2.23. The van der Waals surface area contributed by atoms with E-state index in [-0.39, 0.29) is 11.5 Å². The van der Waals surface area contributed by atoms with Gasteiger partial charge in [0.15, 0.2) is 11.5 Å². The molecule has 0 radical (unpaired) electrons. The zero-order chi connectivity index (χ0) is 9.94. The van der Waals surface area contributed by atoms with Crippen LogP contribution in [0.3, 0.4) is 0 Å². The van der Waals surface area contributed by atoms with Crippen LogP contribution < -0.4 is 0 Å². The Balaban J connectivity index is 4.21. The molecule has 3 heteroatoms. The molecule has 12 heavy (non-hydrogen) atoms. The van der Waals surface area contributed by atoms with E-state index in [0.29, 0.717) is 0 Å². The minimum atomic E-state index is -0.599. The zero-order valence-electron chi connectivity index (χ0n) is 7.93. The summed E-state index contributed by atoms with van der Waals surface area (Å²) in [6.07, 6.45) is 0. The number of Topliss-reactive ketones (excluding diaryl/α,β-unsaturated/α-hetero) is 1. The molecule has 0 aliphatic rings. The van der Waals surface area contributed by atoms with Crippen LogP contribution in [0.25, 0.3) is 0 Å². The first-order valence-electron chi connectivity index (χ1n) is 3.67. The molecule has 3 nitrogen and oxygen atoms in total. The van der Waals surface area contributed by atoms with Crippen molar-refractivity contribution in [2.24, 2.45) is 5.41 Å². The van der Waals surface area contributed by atoms with Gasteiger partial charge in [0.05, 0.1) is 5.41 Å². The number of carbonyl (C=O) groups is 2. The summed E-state index contributed by atoms with van der Waals surface area (Å²) in [4.78, 5) is 21.8.